The van der Waals surface area contributed by atoms with Crippen LogP contribution in [0.15, 0.2) is 23.2 Å². The fraction of sp³-hybridized carbons (Fsp3) is 0.500. The van der Waals surface area contributed by atoms with Crippen molar-refractivity contribution in [3.63, 3.8) is 0 Å². The van der Waals surface area contributed by atoms with Gasteiger partial charge in [0.2, 0.25) is 0 Å². The molecule has 0 aliphatic carbocycles. The van der Waals surface area contributed by atoms with Crippen LogP contribution in [-0.4, -0.2) is 14.7 Å². The molecule has 0 fully saturated rings. The Labute approximate surface area is 87.5 Å². The van der Waals surface area contributed by atoms with Gasteiger partial charge in [-0.25, -0.2) is 8.93 Å². The second-order valence-electron chi connectivity index (χ2n) is 4.26. The van der Waals surface area contributed by atoms with Crippen LogP contribution in [0.2, 0.25) is 0 Å². The molecule has 0 saturated carbocycles. The van der Waals surface area contributed by atoms with E-state index < -0.39 is 11.0 Å². The molecule has 0 bridgehead atoms. The summed E-state index contributed by atoms with van der Waals surface area (Å²) < 4.78 is 14.7. The smallest absolute Gasteiger partial charge is 0.126 e. The van der Waals surface area contributed by atoms with E-state index in [1.54, 1.807) is 6.20 Å². The van der Waals surface area contributed by atoms with E-state index in [4.69, 9.17) is 0 Å². The largest absolute Gasteiger partial charge is 0.260 e. The van der Waals surface area contributed by atoms with E-state index in [0.29, 0.717) is 4.90 Å². The second kappa shape index (κ2) is 4.19. The van der Waals surface area contributed by atoms with E-state index in [9.17, 15) is 4.21 Å². The summed E-state index contributed by atoms with van der Waals surface area (Å²) in [6.45, 7) is 7.84. The molecule has 0 saturated heterocycles. The van der Waals surface area contributed by atoms with Crippen molar-refractivity contribution in [2.45, 2.75) is 38.1 Å². The minimum atomic E-state index is -1.17. The van der Waals surface area contributed by atoms with Gasteiger partial charge in [-0.15, -0.1) is 0 Å². The van der Waals surface area contributed by atoms with Crippen LogP contribution in [0.3, 0.4) is 0 Å². The van der Waals surface area contributed by atoms with Gasteiger partial charge in [-0.05, 0) is 39.8 Å². The van der Waals surface area contributed by atoms with Gasteiger partial charge in [0.25, 0.3) is 0 Å². The van der Waals surface area contributed by atoms with E-state index in [1.165, 1.54) is 0 Å². The van der Waals surface area contributed by atoms with Gasteiger partial charge in [-0.1, -0.05) is 0 Å². The first-order chi connectivity index (χ1) is 6.38. The summed E-state index contributed by atoms with van der Waals surface area (Å²) in [7, 11) is -1.17. The van der Waals surface area contributed by atoms with Crippen LogP contribution in [0, 0.1) is 6.92 Å². The Morgan fingerprint density at radius 3 is 2.43 bits per heavy atom. The third-order valence-electron chi connectivity index (χ3n) is 1.50. The molecule has 0 radical (unpaired) electrons. The van der Waals surface area contributed by atoms with Gasteiger partial charge in [-0.2, -0.15) is 0 Å². The topological polar surface area (TPSA) is 42.0 Å². The molecular formula is C10H16N2OS. The number of rotatable bonds is 2. The summed E-state index contributed by atoms with van der Waals surface area (Å²) in [5.74, 6) is 0. The molecule has 1 unspecified atom stereocenters. The van der Waals surface area contributed by atoms with Crippen LogP contribution < -0.4 is 4.72 Å². The van der Waals surface area contributed by atoms with Crippen LogP contribution in [0.25, 0.3) is 0 Å². The van der Waals surface area contributed by atoms with Crippen molar-refractivity contribution in [1.29, 1.82) is 0 Å². The van der Waals surface area contributed by atoms with Gasteiger partial charge in [0.15, 0.2) is 0 Å². The first-order valence-electron chi connectivity index (χ1n) is 4.51. The Morgan fingerprint density at radius 2 is 2.00 bits per heavy atom. The van der Waals surface area contributed by atoms with E-state index in [0.717, 1.165) is 5.69 Å². The van der Waals surface area contributed by atoms with Gasteiger partial charge >= 0.3 is 0 Å². The lowest BCUT2D eigenvalue weighted by Gasteiger charge is -2.19. The number of nitrogens with one attached hydrogen (secondary N) is 1. The number of hydrogen-bond donors (Lipinski definition) is 1. The Balaban J connectivity index is 2.76. The zero-order chi connectivity index (χ0) is 10.8. The molecule has 78 valence electrons. The molecule has 3 nitrogen and oxygen atoms in total. The minimum Gasteiger partial charge on any atom is -0.260 e. The molecule has 0 aliphatic heterocycles. The lowest BCUT2D eigenvalue weighted by molar-refractivity contribution is 0.519. The predicted molar refractivity (Wildman–Crippen MR) is 58.3 cm³/mol. The Bertz CT molecular complexity index is 327. The third-order valence-corrected chi connectivity index (χ3v) is 2.96. The van der Waals surface area contributed by atoms with Crippen molar-refractivity contribution < 1.29 is 4.21 Å². The average Bonchev–Trinajstić information content (AvgIpc) is 2.02. The standard InChI is InChI=1S/C10H16N2OS/c1-8-5-6-9(7-11-8)14(13)12-10(2,3)4/h5-7,12H,1-4H3. The van der Waals surface area contributed by atoms with Gasteiger partial charge in [-0.3, -0.25) is 4.98 Å². The van der Waals surface area contributed by atoms with Crippen LogP contribution in [-0.2, 0) is 11.0 Å². The predicted octanol–water partition coefficient (Wildman–Crippen LogP) is 1.80. The van der Waals surface area contributed by atoms with Crippen molar-refractivity contribution >= 4 is 11.0 Å². The van der Waals surface area contributed by atoms with Gasteiger partial charge in [0, 0.05) is 17.4 Å². The lowest BCUT2D eigenvalue weighted by atomic mass is 10.1. The summed E-state index contributed by atoms with van der Waals surface area (Å²) in [6.07, 6.45) is 1.64. The van der Waals surface area contributed by atoms with Crippen molar-refractivity contribution in [1.82, 2.24) is 9.71 Å². The highest BCUT2D eigenvalue weighted by Crippen LogP contribution is 2.08. The van der Waals surface area contributed by atoms with Crippen molar-refractivity contribution in [2.24, 2.45) is 0 Å². The molecule has 0 amide bonds. The monoisotopic (exact) mass is 212 g/mol. The summed E-state index contributed by atoms with van der Waals surface area (Å²) in [5, 5.41) is 0. The van der Waals surface area contributed by atoms with Gasteiger partial charge in [0.1, 0.15) is 11.0 Å². The highest BCUT2D eigenvalue weighted by molar-refractivity contribution is 7.83. The fourth-order valence-corrected chi connectivity index (χ4v) is 1.92. The van der Waals surface area contributed by atoms with Crippen LogP contribution >= 0.6 is 0 Å². The highest BCUT2D eigenvalue weighted by Gasteiger charge is 2.14. The maximum atomic E-state index is 11.7. The van der Waals surface area contributed by atoms with E-state index >= 15 is 0 Å². The van der Waals surface area contributed by atoms with Crippen molar-refractivity contribution in [3.8, 4) is 0 Å². The molecule has 0 aliphatic rings. The van der Waals surface area contributed by atoms with E-state index in [2.05, 4.69) is 9.71 Å². The highest BCUT2D eigenvalue weighted by atomic mass is 32.2. The normalized spacial score (nSPS) is 14.0. The molecule has 1 heterocycles. The van der Waals surface area contributed by atoms with Crippen LogP contribution in [0.5, 0.6) is 0 Å². The quantitative estimate of drug-likeness (QED) is 0.812. The maximum absolute atomic E-state index is 11.7. The number of nitrogens with zero attached hydrogens (tertiary/aromatic N) is 1. The molecule has 14 heavy (non-hydrogen) atoms. The first kappa shape index (κ1) is 11.3. The number of aryl methyl sites for hydroxylation is 1. The first-order valence-corrected chi connectivity index (χ1v) is 5.66. The molecule has 1 aromatic rings. The fourth-order valence-electron chi connectivity index (χ4n) is 0.901. The molecule has 1 N–H and O–H groups in total. The second-order valence-corrected chi connectivity index (χ2v) is 5.47. The molecule has 4 heteroatoms. The molecule has 1 atom stereocenters. The lowest BCUT2D eigenvalue weighted by Crippen LogP contribution is -2.37. The Hall–Kier alpha value is -0.740. The zero-order valence-electron chi connectivity index (χ0n) is 9.00. The van der Waals surface area contributed by atoms with Crippen molar-refractivity contribution in [2.75, 3.05) is 0 Å². The Kier molecular flexibility index (Phi) is 3.39. The molecule has 0 aromatic carbocycles. The van der Waals surface area contributed by atoms with Crippen LogP contribution in [0.1, 0.15) is 26.5 Å². The van der Waals surface area contributed by atoms with Crippen molar-refractivity contribution in [3.05, 3.63) is 24.0 Å². The summed E-state index contributed by atoms with van der Waals surface area (Å²) in [4.78, 5) is 4.81. The van der Waals surface area contributed by atoms with Gasteiger partial charge in [0.05, 0.1) is 4.90 Å². The Morgan fingerprint density at radius 1 is 1.36 bits per heavy atom. The molecule has 0 spiro atoms. The number of aromatic nitrogens is 1. The number of hydrogen-bond acceptors (Lipinski definition) is 2. The molecule has 1 aromatic heterocycles. The summed E-state index contributed by atoms with van der Waals surface area (Å²) in [5.41, 5.74) is 0.775. The van der Waals surface area contributed by atoms with Crippen LogP contribution in [0.4, 0.5) is 0 Å². The SMILES string of the molecule is Cc1ccc(S(=O)NC(C)(C)C)cn1. The molecular weight excluding hydrogens is 196 g/mol. The minimum absolute atomic E-state index is 0.157. The summed E-state index contributed by atoms with van der Waals surface area (Å²) in [6, 6.07) is 3.69. The average molecular weight is 212 g/mol. The van der Waals surface area contributed by atoms with Gasteiger partial charge < -0.3 is 0 Å². The number of pyridine rings is 1. The van der Waals surface area contributed by atoms with E-state index in [-0.39, 0.29) is 5.54 Å². The maximum Gasteiger partial charge on any atom is 0.126 e. The molecule has 1 rings (SSSR count). The third kappa shape index (κ3) is 3.55. The van der Waals surface area contributed by atoms with E-state index in [1.807, 2.05) is 39.8 Å². The zero-order valence-corrected chi connectivity index (χ0v) is 9.81. The summed E-state index contributed by atoms with van der Waals surface area (Å²) >= 11 is 0.